The van der Waals surface area contributed by atoms with Gasteiger partial charge in [0.05, 0.1) is 17.1 Å². The predicted octanol–water partition coefficient (Wildman–Crippen LogP) is 5.56. The summed E-state index contributed by atoms with van der Waals surface area (Å²) in [6.45, 7) is 6.59. The number of nitrogens with zero attached hydrogens (tertiary/aromatic N) is 2. The zero-order valence-corrected chi connectivity index (χ0v) is 21.5. The monoisotopic (exact) mass is 524 g/mol. The van der Waals surface area contributed by atoms with Crippen molar-refractivity contribution in [3.8, 4) is 11.8 Å². The van der Waals surface area contributed by atoms with Crippen molar-refractivity contribution < 1.29 is 22.7 Å². The number of benzene rings is 2. The van der Waals surface area contributed by atoms with Gasteiger partial charge in [-0.3, -0.25) is 0 Å². The van der Waals surface area contributed by atoms with Crippen molar-refractivity contribution >= 4 is 37.4 Å². The van der Waals surface area contributed by atoms with Crippen molar-refractivity contribution in [2.24, 2.45) is 5.92 Å². The molecule has 34 heavy (non-hydrogen) atoms. The summed E-state index contributed by atoms with van der Waals surface area (Å²) in [7, 11) is 1.42. The highest BCUT2D eigenvalue weighted by atomic mass is 35.7. The number of piperidine rings is 1. The number of nitriles is 1. The van der Waals surface area contributed by atoms with E-state index < -0.39 is 14.7 Å². The number of hydrogen-bond donors (Lipinski definition) is 0. The summed E-state index contributed by atoms with van der Waals surface area (Å²) in [6.07, 6.45) is 0.310. The normalized spacial score (nSPS) is 18.8. The third kappa shape index (κ3) is 6.78. The van der Waals surface area contributed by atoms with Crippen LogP contribution >= 0.6 is 22.3 Å². The molecule has 0 aliphatic carbocycles. The zero-order valence-electron chi connectivity index (χ0n) is 19.1. The van der Waals surface area contributed by atoms with E-state index >= 15 is 0 Å². The standard InChI is InChI=1S/C24H26Cl2N2O5S/c1-24(2,3)33-23(29)28-11-10-21(16-4-6-19(25)7-5-16)18(14-28)15-32-22-9-8-20(34(26,30)31)12-17(22)13-27/h4-9,12,18,21H,10-11,14-15H2,1-3H3/t18-,21-/m0/s1. The lowest BCUT2D eigenvalue weighted by molar-refractivity contribution is 0.0111. The molecule has 182 valence electrons. The van der Waals surface area contributed by atoms with Crippen molar-refractivity contribution in [3.05, 3.63) is 58.6 Å². The van der Waals surface area contributed by atoms with Crippen LogP contribution in [0.5, 0.6) is 5.75 Å². The molecule has 1 heterocycles. The number of carbonyl (C=O) groups excluding carboxylic acids is 1. The molecular weight excluding hydrogens is 499 g/mol. The van der Waals surface area contributed by atoms with E-state index in [0.29, 0.717) is 24.5 Å². The highest BCUT2D eigenvalue weighted by Gasteiger charge is 2.35. The fourth-order valence-electron chi connectivity index (χ4n) is 3.91. The molecule has 0 N–H and O–H groups in total. The molecule has 1 saturated heterocycles. The van der Waals surface area contributed by atoms with Gasteiger partial charge >= 0.3 is 6.09 Å². The molecule has 2 atom stereocenters. The van der Waals surface area contributed by atoms with Gasteiger partial charge in [-0.2, -0.15) is 5.26 Å². The van der Waals surface area contributed by atoms with Crippen LogP contribution < -0.4 is 4.74 Å². The first-order chi connectivity index (χ1) is 15.9. The summed E-state index contributed by atoms with van der Waals surface area (Å²) in [6, 6.07) is 13.4. The van der Waals surface area contributed by atoms with Crippen LogP contribution in [0, 0.1) is 17.2 Å². The Morgan fingerprint density at radius 2 is 1.88 bits per heavy atom. The minimum Gasteiger partial charge on any atom is -0.492 e. The third-order valence-corrected chi connectivity index (χ3v) is 7.09. The Balaban J connectivity index is 1.83. The summed E-state index contributed by atoms with van der Waals surface area (Å²) >= 11 is 6.06. The van der Waals surface area contributed by atoms with Gasteiger partial charge in [-0.15, -0.1) is 0 Å². The fraction of sp³-hybridized carbons (Fsp3) is 0.417. The molecule has 0 aromatic heterocycles. The van der Waals surface area contributed by atoms with Gasteiger partial charge in [0.15, 0.2) is 0 Å². The molecule has 0 radical (unpaired) electrons. The van der Waals surface area contributed by atoms with Gasteiger partial charge in [0.2, 0.25) is 0 Å². The molecule has 0 saturated carbocycles. The lowest BCUT2D eigenvalue weighted by Gasteiger charge is -2.39. The molecule has 1 amide bonds. The van der Waals surface area contributed by atoms with Crippen molar-refractivity contribution in [3.63, 3.8) is 0 Å². The molecule has 0 bridgehead atoms. The Morgan fingerprint density at radius 3 is 2.47 bits per heavy atom. The molecule has 7 nitrogen and oxygen atoms in total. The number of amides is 1. The van der Waals surface area contributed by atoms with Gasteiger partial charge < -0.3 is 14.4 Å². The number of halogens is 2. The van der Waals surface area contributed by atoms with Gasteiger partial charge in [-0.1, -0.05) is 23.7 Å². The number of hydrogen-bond acceptors (Lipinski definition) is 6. The first kappa shape index (κ1) is 26.1. The van der Waals surface area contributed by atoms with Crippen LogP contribution in [0.4, 0.5) is 4.79 Å². The van der Waals surface area contributed by atoms with Crippen LogP contribution in [0.3, 0.4) is 0 Å². The van der Waals surface area contributed by atoms with Crippen molar-refractivity contribution in [1.82, 2.24) is 4.90 Å². The molecule has 1 aliphatic heterocycles. The zero-order chi connectivity index (χ0) is 25.1. The summed E-state index contributed by atoms with van der Waals surface area (Å²) < 4.78 is 34.7. The Kier molecular flexibility index (Phi) is 8.02. The average molecular weight is 525 g/mol. The average Bonchev–Trinajstić information content (AvgIpc) is 2.76. The van der Waals surface area contributed by atoms with Gasteiger partial charge in [-0.25, -0.2) is 13.2 Å². The maximum atomic E-state index is 12.7. The van der Waals surface area contributed by atoms with Gasteiger partial charge in [0.1, 0.15) is 17.4 Å². The van der Waals surface area contributed by atoms with E-state index in [2.05, 4.69) is 0 Å². The maximum absolute atomic E-state index is 12.7. The molecule has 3 rings (SSSR count). The molecule has 0 spiro atoms. The van der Waals surface area contributed by atoms with Crippen LogP contribution in [0.25, 0.3) is 0 Å². The summed E-state index contributed by atoms with van der Waals surface area (Å²) in [5.74, 6) is 0.227. The van der Waals surface area contributed by atoms with Crippen LogP contribution in [-0.2, 0) is 13.8 Å². The van der Waals surface area contributed by atoms with Crippen LogP contribution in [0.1, 0.15) is 44.2 Å². The molecule has 10 heteroatoms. The number of ether oxygens (including phenoxy) is 2. The quantitative estimate of drug-likeness (QED) is 0.475. The maximum Gasteiger partial charge on any atom is 0.410 e. The summed E-state index contributed by atoms with van der Waals surface area (Å²) in [4.78, 5) is 14.2. The second-order valence-electron chi connectivity index (χ2n) is 9.15. The highest BCUT2D eigenvalue weighted by molar-refractivity contribution is 8.13. The highest BCUT2D eigenvalue weighted by Crippen LogP contribution is 2.35. The van der Waals surface area contributed by atoms with E-state index in [1.807, 2.05) is 51.1 Å². The summed E-state index contributed by atoms with van der Waals surface area (Å²) in [5.41, 5.74) is 0.526. The fourth-order valence-corrected chi connectivity index (χ4v) is 4.82. The Morgan fingerprint density at radius 1 is 1.21 bits per heavy atom. The van der Waals surface area contributed by atoms with Crippen molar-refractivity contribution in [1.29, 1.82) is 5.26 Å². The third-order valence-electron chi connectivity index (χ3n) is 5.49. The Labute approximate surface area is 209 Å². The lowest BCUT2D eigenvalue weighted by atomic mass is 9.81. The van der Waals surface area contributed by atoms with Crippen molar-refractivity contribution in [2.45, 2.75) is 43.6 Å². The molecule has 2 aromatic carbocycles. The Hall–Kier alpha value is -2.47. The van der Waals surface area contributed by atoms with E-state index in [4.69, 9.17) is 31.8 Å². The minimum absolute atomic E-state index is 0.0598. The second-order valence-corrected chi connectivity index (χ2v) is 12.2. The number of likely N-dealkylation sites (tertiary alicyclic amines) is 1. The van der Waals surface area contributed by atoms with E-state index in [9.17, 15) is 18.5 Å². The second kappa shape index (κ2) is 10.4. The van der Waals surface area contributed by atoms with Gasteiger partial charge in [0, 0.05) is 34.7 Å². The Bertz CT molecular complexity index is 1190. The molecular formula is C24H26Cl2N2O5S. The first-order valence-electron chi connectivity index (χ1n) is 10.7. The lowest BCUT2D eigenvalue weighted by Crippen LogP contribution is -2.46. The number of carbonyl (C=O) groups is 1. The van der Waals surface area contributed by atoms with E-state index in [-0.39, 0.29) is 40.7 Å². The topological polar surface area (TPSA) is 96.7 Å². The first-order valence-corrected chi connectivity index (χ1v) is 13.4. The molecule has 0 unspecified atom stereocenters. The molecule has 1 aliphatic rings. The molecule has 2 aromatic rings. The summed E-state index contributed by atoms with van der Waals surface area (Å²) in [5, 5.41) is 10.1. The largest absolute Gasteiger partial charge is 0.492 e. The number of rotatable bonds is 5. The van der Waals surface area contributed by atoms with Gasteiger partial charge in [0.25, 0.3) is 9.05 Å². The van der Waals surface area contributed by atoms with E-state index in [0.717, 1.165) is 5.56 Å². The predicted molar refractivity (Wildman–Crippen MR) is 130 cm³/mol. The van der Waals surface area contributed by atoms with Crippen molar-refractivity contribution in [2.75, 3.05) is 19.7 Å². The smallest absolute Gasteiger partial charge is 0.410 e. The van der Waals surface area contributed by atoms with E-state index in [1.54, 1.807) is 4.90 Å². The van der Waals surface area contributed by atoms with E-state index in [1.165, 1.54) is 18.2 Å². The SMILES string of the molecule is CC(C)(C)OC(=O)N1CC[C@@H](c2ccc(Cl)cc2)[C@H](COc2ccc(S(=O)(=O)Cl)cc2C#N)C1. The van der Waals surface area contributed by atoms with Crippen LogP contribution in [-0.4, -0.2) is 44.7 Å². The van der Waals surface area contributed by atoms with Gasteiger partial charge in [-0.05, 0) is 69.0 Å². The minimum atomic E-state index is -3.97. The van der Waals surface area contributed by atoms with Crippen LogP contribution in [0.2, 0.25) is 5.02 Å². The molecule has 1 fully saturated rings. The van der Waals surface area contributed by atoms with Crippen LogP contribution in [0.15, 0.2) is 47.4 Å².